The van der Waals surface area contributed by atoms with Crippen molar-refractivity contribution >= 4 is 28.5 Å². The van der Waals surface area contributed by atoms with E-state index in [2.05, 4.69) is 35.5 Å². The number of nitrogens with zero attached hydrogens (tertiary/aromatic N) is 7. The van der Waals surface area contributed by atoms with Crippen LogP contribution >= 0.6 is 0 Å². The molecule has 0 saturated carbocycles. The number of hydrogen-bond donors (Lipinski definition) is 2. The third-order valence-electron chi connectivity index (χ3n) is 5.62. The molecule has 1 fully saturated rings. The average molecular weight is 522 g/mol. The molecule has 0 amide bonds. The maximum absolute atomic E-state index is 13.9. The summed E-state index contributed by atoms with van der Waals surface area (Å²) in [5.41, 5.74) is -2.37. The number of anilines is 3. The molecule has 0 aliphatic carbocycles. The van der Waals surface area contributed by atoms with Gasteiger partial charge in [-0.25, -0.2) is 19.9 Å². The smallest absolute Gasteiger partial charge is 0.391 e. The van der Waals surface area contributed by atoms with Crippen LogP contribution in [0.25, 0.3) is 22.6 Å². The van der Waals surface area contributed by atoms with Gasteiger partial charge in [0.2, 0.25) is 0 Å². The van der Waals surface area contributed by atoms with E-state index in [1.165, 1.54) is 17.2 Å². The standard InChI is InChI=1S/C22H16F6N8O/c23-21(24,25)11-1-2-16(30-8-11)32-14-3-5-29-20-19(14)31-9-15(33-20)18-13(22(26,27)28)7-17(34-35-18)36-6-4-12(37)10-36/h1-3,5,7-9,12,37H,4,6,10H2,(H,29,30,32,33)/t12-/m1/s1. The number of halogens is 6. The lowest BCUT2D eigenvalue weighted by Gasteiger charge is -2.19. The Hall–Kier alpha value is -4.14. The molecule has 15 heteroatoms. The van der Waals surface area contributed by atoms with Crippen LogP contribution in [0, 0.1) is 0 Å². The Bertz CT molecular complexity index is 1440. The van der Waals surface area contributed by atoms with E-state index in [4.69, 9.17) is 0 Å². The zero-order valence-electron chi connectivity index (χ0n) is 18.6. The van der Waals surface area contributed by atoms with Gasteiger partial charge in [0.15, 0.2) is 11.5 Å². The highest BCUT2D eigenvalue weighted by atomic mass is 19.4. The van der Waals surface area contributed by atoms with Gasteiger partial charge < -0.3 is 15.3 Å². The lowest BCUT2D eigenvalue weighted by atomic mass is 10.1. The van der Waals surface area contributed by atoms with Crippen LogP contribution in [0.15, 0.2) is 42.9 Å². The molecule has 1 aliphatic heterocycles. The van der Waals surface area contributed by atoms with Gasteiger partial charge in [-0.1, -0.05) is 0 Å². The molecule has 4 aromatic heterocycles. The molecule has 0 bridgehead atoms. The fourth-order valence-electron chi connectivity index (χ4n) is 3.80. The molecule has 0 spiro atoms. The third kappa shape index (κ3) is 5.07. The molecular formula is C22H16F6N8O. The van der Waals surface area contributed by atoms with Crippen molar-refractivity contribution in [3.63, 3.8) is 0 Å². The zero-order valence-corrected chi connectivity index (χ0v) is 18.6. The summed E-state index contributed by atoms with van der Waals surface area (Å²) in [5.74, 6) is 0.0641. The molecule has 37 heavy (non-hydrogen) atoms. The number of hydrogen-bond acceptors (Lipinski definition) is 9. The van der Waals surface area contributed by atoms with Gasteiger partial charge in [0.05, 0.1) is 29.1 Å². The molecule has 5 heterocycles. The molecular weight excluding hydrogens is 506 g/mol. The molecule has 9 nitrogen and oxygen atoms in total. The van der Waals surface area contributed by atoms with E-state index in [-0.39, 0.29) is 40.7 Å². The quantitative estimate of drug-likeness (QED) is 0.380. The highest BCUT2D eigenvalue weighted by Crippen LogP contribution is 2.37. The maximum atomic E-state index is 13.9. The predicted molar refractivity (Wildman–Crippen MR) is 119 cm³/mol. The number of aliphatic hydroxyl groups excluding tert-OH is 1. The SMILES string of the molecule is O[C@@H]1CCN(c2cc(C(F)(F)F)c(-c3cnc4c(Nc5ccc(C(F)(F)F)cn5)ccnc4n3)nn2)C1. The fraction of sp³-hybridized carbons (Fsp3) is 0.273. The van der Waals surface area contributed by atoms with Crippen LogP contribution in [0.1, 0.15) is 17.5 Å². The largest absolute Gasteiger partial charge is 0.418 e. The van der Waals surface area contributed by atoms with Gasteiger partial charge in [0, 0.05) is 25.5 Å². The van der Waals surface area contributed by atoms with E-state index in [9.17, 15) is 31.4 Å². The number of aliphatic hydroxyl groups is 1. The van der Waals surface area contributed by atoms with Crippen LogP contribution in [-0.4, -0.2) is 54.4 Å². The monoisotopic (exact) mass is 522 g/mol. The summed E-state index contributed by atoms with van der Waals surface area (Å²) in [4.78, 5) is 17.6. The van der Waals surface area contributed by atoms with Crippen LogP contribution in [0.3, 0.4) is 0 Å². The van der Waals surface area contributed by atoms with Crippen molar-refractivity contribution in [3.8, 4) is 11.4 Å². The van der Waals surface area contributed by atoms with Crippen LogP contribution in [0.4, 0.5) is 43.7 Å². The average Bonchev–Trinajstić information content (AvgIpc) is 3.29. The first-order valence-electron chi connectivity index (χ1n) is 10.8. The summed E-state index contributed by atoms with van der Waals surface area (Å²) in [6.07, 6.45) is -6.51. The number of alkyl halides is 6. The van der Waals surface area contributed by atoms with Crippen molar-refractivity contribution in [2.45, 2.75) is 24.9 Å². The summed E-state index contributed by atoms with van der Waals surface area (Å²) < 4.78 is 80.1. The van der Waals surface area contributed by atoms with Gasteiger partial charge >= 0.3 is 12.4 Å². The molecule has 1 saturated heterocycles. The summed E-state index contributed by atoms with van der Waals surface area (Å²) in [7, 11) is 0. The van der Waals surface area contributed by atoms with Crippen LogP contribution < -0.4 is 10.2 Å². The normalized spacial score (nSPS) is 16.4. The van der Waals surface area contributed by atoms with Crippen molar-refractivity contribution in [2.24, 2.45) is 0 Å². The first-order chi connectivity index (χ1) is 17.5. The van der Waals surface area contributed by atoms with Crippen LogP contribution in [0.2, 0.25) is 0 Å². The maximum Gasteiger partial charge on any atom is 0.418 e. The van der Waals surface area contributed by atoms with Crippen LogP contribution in [-0.2, 0) is 12.4 Å². The van der Waals surface area contributed by atoms with E-state index in [0.29, 0.717) is 19.2 Å². The molecule has 192 valence electrons. The van der Waals surface area contributed by atoms with Gasteiger partial charge in [-0.15, -0.1) is 10.2 Å². The lowest BCUT2D eigenvalue weighted by molar-refractivity contribution is -0.138. The highest BCUT2D eigenvalue weighted by molar-refractivity contribution is 5.87. The van der Waals surface area contributed by atoms with Crippen molar-refractivity contribution < 1.29 is 31.4 Å². The van der Waals surface area contributed by atoms with E-state index in [0.717, 1.165) is 24.4 Å². The Morgan fingerprint density at radius 1 is 0.946 bits per heavy atom. The van der Waals surface area contributed by atoms with E-state index in [1.54, 1.807) is 0 Å². The number of rotatable bonds is 4. The first-order valence-corrected chi connectivity index (χ1v) is 10.8. The summed E-state index contributed by atoms with van der Waals surface area (Å²) in [5, 5.41) is 20.2. The Labute approximate surface area is 204 Å². The molecule has 0 aromatic carbocycles. The van der Waals surface area contributed by atoms with Crippen molar-refractivity contribution in [2.75, 3.05) is 23.3 Å². The van der Waals surface area contributed by atoms with E-state index >= 15 is 0 Å². The molecule has 2 N–H and O–H groups in total. The number of pyridine rings is 2. The molecule has 4 aromatic rings. The Morgan fingerprint density at radius 2 is 1.76 bits per heavy atom. The number of nitrogens with one attached hydrogen (secondary N) is 1. The van der Waals surface area contributed by atoms with Gasteiger partial charge in [-0.05, 0) is 30.7 Å². The summed E-state index contributed by atoms with van der Waals surface area (Å²) in [6, 6.07) is 4.31. The second-order valence-corrected chi connectivity index (χ2v) is 8.19. The topological polar surface area (TPSA) is 113 Å². The molecule has 1 aliphatic rings. The molecule has 1 atom stereocenters. The Morgan fingerprint density at radius 3 is 2.41 bits per heavy atom. The number of fused-ring (bicyclic) bond motifs is 1. The summed E-state index contributed by atoms with van der Waals surface area (Å²) >= 11 is 0. The Kier molecular flexibility index (Phi) is 6.01. The predicted octanol–water partition coefficient (Wildman–Crippen LogP) is 4.23. The minimum absolute atomic E-state index is 0.0185. The van der Waals surface area contributed by atoms with Crippen molar-refractivity contribution in [3.05, 3.63) is 54.0 Å². The highest BCUT2D eigenvalue weighted by Gasteiger charge is 2.37. The third-order valence-corrected chi connectivity index (χ3v) is 5.62. The van der Waals surface area contributed by atoms with Crippen LogP contribution in [0.5, 0.6) is 0 Å². The van der Waals surface area contributed by atoms with Gasteiger partial charge in [0.1, 0.15) is 22.7 Å². The number of aromatic nitrogens is 6. The minimum Gasteiger partial charge on any atom is -0.391 e. The molecule has 0 unspecified atom stereocenters. The second-order valence-electron chi connectivity index (χ2n) is 8.19. The first kappa shape index (κ1) is 24.5. The molecule has 0 radical (unpaired) electrons. The van der Waals surface area contributed by atoms with Crippen molar-refractivity contribution in [1.82, 2.24) is 30.1 Å². The van der Waals surface area contributed by atoms with Gasteiger partial charge in [-0.3, -0.25) is 0 Å². The fourth-order valence-corrected chi connectivity index (χ4v) is 3.80. The zero-order chi connectivity index (χ0) is 26.4. The summed E-state index contributed by atoms with van der Waals surface area (Å²) in [6.45, 7) is 0.490. The number of β-amino-alcohol motifs (C(OH)–C–C–N with tert-alkyl or cyclic N) is 1. The lowest BCUT2D eigenvalue weighted by Crippen LogP contribution is -2.24. The second kappa shape index (κ2) is 9.06. The molecule has 5 rings (SSSR count). The van der Waals surface area contributed by atoms with E-state index < -0.39 is 35.3 Å². The minimum atomic E-state index is -4.78. The van der Waals surface area contributed by atoms with E-state index in [1.807, 2.05) is 0 Å². The van der Waals surface area contributed by atoms with Crippen molar-refractivity contribution in [1.29, 1.82) is 0 Å². The Balaban J connectivity index is 1.48. The van der Waals surface area contributed by atoms with Gasteiger partial charge in [0.25, 0.3) is 0 Å². The van der Waals surface area contributed by atoms with Gasteiger partial charge in [-0.2, -0.15) is 26.3 Å².